The molecule has 1 atom stereocenters. The minimum atomic E-state index is -0.635. The van der Waals surface area contributed by atoms with E-state index in [0.717, 1.165) is 23.8 Å². The number of aromatic nitrogens is 2. The zero-order valence-electron chi connectivity index (χ0n) is 18.9. The number of amides is 3. The molecule has 1 unspecified atom stereocenters. The molecule has 0 radical (unpaired) electrons. The number of benzene rings is 2. The van der Waals surface area contributed by atoms with E-state index in [2.05, 4.69) is 10.1 Å². The van der Waals surface area contributed by atoms with Crippen molar-refractivity contribution in [1.82, 2.24) is 15.0 Å². The standard InChI is InChI=1S/C25H23FN4O5/c26-17-12-16(13-18(14-17)30-21(31)9-10-22(30)32)24-27-25(35-28-24)20-8-4-5-11-29(20)23(33)15-34-19-6-2-1-3-7-19/h1-3,6-7,12-14,20H,4-5,8-11,15H2. The first-order valence-electron chi connectivity index (χ1n) is 11.5. The molecular formula is C25H23FN4O5. The summed E-state index contributed by atoms with van der Waals surface area (Å²) < 4.78 is 25.5. The summed E-state index contributed by atoms with van der Waals surface area (Å²) in [5.74, 6) is -0.637. The van der Waals surface area contributed by atoms with E-state index in [0.29, 0.717) is 18.7 Å². The van der Waals surface area contributed by atoms with Crippen molar-refractivity contribution in [2.45, 2.75) is 38.1 Å². The van der Waals surface area contributed by atoms with Crippen LogP contribution in [0.5, 0.6) is 5.75 Å². The van der Waals surface area contributed by atoms with Crippen LogP contribution in [0.4, 0.5) is 10.1 Å². The Kier molecular flexibility index (Phi) is 6.26. The molecule has 0 N–H and O–H groups in total. The van der Waals surface area contributed by atoms with E-state index in [1.165, 1.54) is 12.1 Å². The number of hydrogen-bond acceptors (Lipinski definition) is 7. The normalized spacial score (nSPS) is 18.3. The SMILES string of the molecule is O=C1CCC(=O)N1c1cc(F)cc(-c2noc(C3CCCCN3C(=O)COc3ccccc3)n2)c1. The van der Waals surface area contributed by atoms with Crippen LogP contribution in [-0.4, -0.2) is 45.9 Å². The number of carbonyl (C=O) groups is 3. The molecule has 0 aliphatic carbocycles. The molecule has 3 amide bonds. The molecule has 3 aromatic rings. The third-order valence-electron chi connectivity index (χ3n) is 6.11. The molecule has 2 fully saturated rings. The van der Waals surface area contributed by atoms with Crippen molar-refractivity contribution in [3.05, 3.63) is 60.2 Å². The van der Waals surface area contributed by atoms with Gasteiger partial charge >= 0.3 is 0 Å². The van der Waals surface area contributed by atoms with Gasteiger partial charge in [-0.15, -0.1) is 0 Å². The average molecular weight is 478 g/mol. The van der Waals surface area contributed by atoms with Crippen LogP contribution in [0, 0.1) is 5.82 Å². The van der Waals surface area contributed by atoms with Gasteiger partial charge in [0.05, 0.1) is 5.69 Å². The van der Waals surface area contributed by atoms with E-state index < -0.39 is 11.9 Å². The molecular weight excluding hydrogens is 455 g/mol. The predicted octanol–water partition coefficient (Wildman–Crippen LogP) is 3.66. The third kappa shape index (κ3) is 4.77. The lowest BCUT2D eigenvalue weighted by molar-refractivity contribution is -0.138. The fourth-order valence-electron chi connectivity index (χ4n) is 4.42. The van der Waals surface area contributed by atoms with Crippen molar-refractivity contribution in [2.75, 3.05) is 18.1 Å². The van der Waals surface area contributed by atoms with Crippen molar-refractivity contribution in [1.29, 1.82) is 0 Å². The summed E-state index contributed by atoms with van der Waals surface area (Å²) in [7, 11) is 0. The van der Waals surface area contributed by atoms with Gasteiger partial charge in [-0.3, -0.25) is 19.3 Å². The Morgan fingerprint density at radius 3 is 2.63 bits per heavy atom. The molecule has 3 heterocycles. The Morgan fingerprint density at radius 2 is 1.86 bits per heavy atom. The molecule has 2 aliphatic heterocycles. The third-order valence-corrected chi connectivity index (χ3v) is 6.11. The highest BCUT2D eigenvalue weighted by Gasteiger charge is 2.33. The van der Waals surface area contributed by atoms with Crippen molar-refractivity contribution >= 4 is 23.4 Å². The van der Waals surface area contributed by atoms with Crippen molar-refractivity contribution in [3.8, 4) is 17.1 Å². The van der Waals surface area contributed by atoms with E-state index in [1.54, 1.807) is 17.0 Å². The fraction of sp³-hybridized carbons (Fsp3) is 0.320. The van der Waals surface area contributed by atoms with Crippen molar-refractivity contribution < 1.29 is 28.0 Å². The van der Waals surface area contributed by atoms with E-state index in [-0.39, 0.29) is 60.1 Å². The summed E-state index contributed by atoms with van der Waals surface area (Å²) in [5, 5.41) is 3.99. The molecule has 35 heavy (non-hydrogen) atoms. The average Bonchev–Trinajstić information content (AvgIpc) is 3.49. The van der Waals surface area contributed by atoms with Crippen LogP contribution in [0.2, 0.25) is 0 Å². The first kappa shape index (κ1) is 22.7. The highest BCUT2D eigenvalue weighted by atomic mass is 19.1. The molecule has 9 nitrogen and oxygen atoms in total. The number of imide groups is 1. The van der Waals surface area contributed by atoms with Crippen molar-refractivity contribution in [3.63, 3.8) is 0 Å². The maximum Gasteiger partial charge on any atom is 0.261 e. The number of likely N-dealkylation sites (tertiary alicyclic amines) is 1. The summed E-state index contributed by atoms with van der Waals surface area (Å²) in [6, 6.07) is 12.5. The van der Waals surface area contributed by atoms with Crippen LogP contribution in [0.1, 0.15) is 44.0 Å². The molecule has 5 rings (SSSR count). The highest BCUT2D eigenvalue weighted by Crippen LogP contribution is 2.33. The van der Waals surface area contributed by atoms with Gasteiger partial charge in [0.2, 0.25) is 23.5 Å². The van der Waals surface area contributed by atoms with Crippen molar-refractivity contribution in [2.24, 2.45) is 0 Å². The first-order valence-corrected chi connectivity index (χ1v) is 11.5. The van der Waals surface area contributed by atoms with Crippen LogP contribution in [-0.2, 0) is 14.4 Å². The maximum atomic E-state index is 14.4. The van der Waals surface area contributed by atoms with Crippen LogP contribution in [0.3, 0.4) is 0 Å². The number of nitrogens with zero attached hydrogens (tertiary/aromatic N) is 4. The topological polar surface area (TPSA) is 106 Å². The summed E-state index contributed by atoms with van der Waals surface area (Å²) in [6.07, 6.45) is 2.56. The quantitative estimate of drug-likeness (QED) is 0.498. The van der Waals surface area contributed by atoms with Crippen LogP contribution in [0.15, 0.2) is 53.1 Å². The smallest absolute Gasteiger partial charge is 0.261 e. The lowest BCUT2D eigenvalue weighted by Gasteiger charge is -2.33. The monoisotopic (exact) mass is 478 g/mol. The molecule has 0 bridgehead atoms. The molecule has 2 aliphatic rings. The Labute approximate surface area is 200 Å². The second-order valence-electron chi connectivity index (χ2n) is 8.48. The van der Waals surface area contributed by atoms with Crippen LogP contribution < -0.4 is 9.64 Å². The number of piperidine rings is 1. The number of ether oxygens (including phenoxy) is 1. The molecule has 0 saturated carbocycles. The number of hydrogen-bond donors (Lipinski definition) is 0. The van der Waals surface area contributed by atoms with Gasteiger partial charge in [-0.05, 0) is 49.6 Å². The zero-order chi connectivity index (χ0) is 24.4. The second-order valence-corrected chi connectivity index (χ2v) is 8.48. The van der Waals surface area contributed by atoms with Gasteiger partial charge in [0.25, 0.3) is 5.91 Å². The maximum absolute atomic E-state index is 14.4. The summed E-state index contributed by atoms with van der Waals surface area (Å²) >= 11 is 0. The fourth-order valence-corrected chi connectivity index (χ4v) is 4.42. The van der Waals surface area contributed by atoms with Gasteiger partial charge in [-0.2, -0.15) is 4.98 Å². The van der Waals surface area contributed by atoms with E-state index >= 15 is 0 Å². The lowest BCUT2D eigenvalue weighted by Crippen LogP contribution is -2.41. The minimum absolute atomic E-state index is 0.0938. The largest absolute Gasteiger partial charge is 0.484 e. The van der Waals surface area contributed by atoms with Gasteiger partial charge in [0, 0.05) is 24.9 Å². The summed E-state index contributed by atoms with van der Waals surface area (Å²) in [6.45, 7) is 0.412. The van der Waals surface area contributed by atoms with Crippen LogP contribution >= 0.6 is 0 Å². The number of carbonyl (C=O) groups excluding carboxylic acids is 3. The van der Waals surface area contributed by atoms with E-state index in [4.69, 9.17) is 9.26 Å². The lowest BCUT2D eigenvalue weighted by atomic mass is 10.0. The number of halogens is 1. The van der Waals surface area contributed by atoms with Gasteiger partial charge in [0.1, 0.15) is 17.6 Å². The zero-order valence-corrected chi connectivity index (χ0v) is 18.9. The highest BCUT2D eigenvalue weighted by molar-refractivity contribution is 6.20. The molecule has 2 saturated heterocycles. The van der Waals surface area contributed by atoms with E-state index in [9.17, 15) is 18.8 Å². The Balaban J connectivity index is 1.35. The van der Waals surface area contributed by atoms with E-state index in [1.807, 2.05) is 18.2 Å². The van der Waals surface area contributed by atoms with Gasteiger partial charge in [-0.1, -0.05) is 23.4 Å². The first-order chi connectivity index (χ1) is 17.0. The van der Waals surface area contributed by atoms with Gasteiger partial charge in [0.15, 0.2) is 6.61 Å². The molecule has 0 spiro atoms. The summed E-state index contributed by atoms with van der Waals surface area (Å²) in [4.78, 5) is 44.2. The molecule has 10 heteroatoms. The summed E-state index contributed by atoms with van der Waals surface area (Å²) in [5.41, 5.74) is 0.398. The number of para-hydroxylation sites is 1. The molecule has 1 aromatic heterocycles. The number of rotatable bonds is 6. The van der Waals surface area contributed by atoms with Crippen LogP contribution in [0.25, 0.3) is 11.4 Å². The Hall–Kier alpha value is -4.08. The molecule has 180 valence electrons. The Bertz CT molecular complexity index is 1250. The Morgan fingerprint density at radius 1 is 1.09 bits per heavy atom. The predicted molar refractivity (Wildman–Crippen MR) is 122 cm³/mol. The minimum Gasteiger partial charge on any atom is -0.484 e. The van der Waals surface area contributed by atoms with Gasteiger partial charge < -0.3 is 14.2 Å². The number of anilines is 1. The molecule has 2 aromatic carbocycles. The second kappa shape index (κ2) is 9.65. The van der Waals surface area contributed by atoms with Gasteiger partial charge in [-0.25, -0.2) is 4.39 Å².